The molecule has 0 aliphatic carbocycles. The van der Waals surface area contributed by atoms with E-state index < -0.39 is 16.6 Å². The second-order valence-electron chi connectivity index (χ2n) is 10.5. The molecular formula is C20H44O2Si2. The minimum absolute atomic E-state index is 0.174. The van der Waals surface area contributed by atoms with Crippen LogP contribution >= 0.6 is 0 Å². The fourth-order valence-electron chi connectivity index (χ4n) is 2.04. The Morgan fingerprint density at radius 3 is 1.62 bits per heavy atom. The van der Waals surface area contributed by atoms with Gasteiger partial charge in [-0.15, -0.1) is 6.58 Å². The van der Waals surface area contributed by atoms with Gasteiger partial charge in [-0.2, -0.15) is 0 Å². The van der Waals surface area contributed by atoms with E-state index in [0.29, 0.717) is 11.8 Å². The van der Waals surface area contributed by atoms with Crippen molar-refractivity contribution in [3.63, 3.8) is 0 Å². The van der Waals surface area contributed by atoms with E-state index in [0.717, 1.165) is 6.61 Å². The van der Waals surface area contributed by atoms with E-state index in [4.69, 9.17) is 8.85 Å². The molecule has 0 aromatic rings. The van der Waals surface area contributed by atoms with Gasteiger partial charge >= 0.3 is 0 Å². The molecule has 0 spiro atoms. The van der Waals surface area contributed by atoms with Crippen LogP contribution in [0.15, 0.2) is 12.7 Å². The third kappa shape index (κ3) is 6.43. The van der Waals surface area contributed by atoms with E-state index in [-0.39, 0.29) is 16.2 Å². The Kier molecular flexibility index (Phi) is 8.22. The third-order valence-electron chi connectivity index (χ3n) is 6.20. The van der Waals surface area contributed by atoms with Crippen LogP contribution < -0.4 is 0 Å². The number of rotatable bonds is 8. The van der Waals surface area contributed by atoms with Gasteiger partial charge in [0.25, 0.3) is 0 Å². The molecule has 0 aromatic heterocycles. The highest BCUT2D eigenvalue weighted by molar-refractivity contribution is 6.74. The molecule has 0 aromatic carbocycles. The van der Waals surface area contributed by atoms with Gasteiger partial charge in [-0.3, -0.25) is 0 Å². The zero-order chi connectivity index (χ0) is 19.6. The van der Waals surface area contributed by atoms with E-state index in [1.165, 1.54) is 0 Å². The summed E-state index contributed by atoms with van der Waals surface area (Å²) in [5.41, 5.74) is 0. The number of hydrogen-bond donors (Lipinski definition) is 0. The van der Waals surface area contributed by atoms with E-state index in [1.54, 1.807) is 0 Å². The van der Waals surface area contributed by atoms with Crippen molar-refractivity contribution in [3.05, 3.63) is 12.7 Å². The van der Waals surface area contributed by atoms with E-state index in [1.807, 2.05) is 6.08 Å². The Labute approximate surface area is 154 Å². The molecule has 0 unspecified atom stereocenters. The minimum Gasteiger partial charge on any atom is -0.416 e. The van der Waals surface area contributed by atoms with Crippen molar-refractivity contribution in [1.82, 2.24) is 0 Å². The minimum atomic E-state index is -1.81. The molecule has 0 aliphatic heterocycles. The lowest BCUT2D eigenvalue weighted by atomic mass is 9.94. The maximum atomic E-state index is 6.77. The molecule has 0 N–H and O–H groups in total. The van der Waals surface area contributed by atoms with E-state index in [9.17, 15) is 0 Å². The van der Waals surface area contributed by atoms with Crippen LogP contribution in [0.4, 0.5) is 0 Å². The first kappa shape index (κ1) is 24.1. The highest BCUT2D eigenvalue weighted by Gasteiger charge is 2.42. The van der Waals surface area contributed by atoms with Gasteiger partial charge in [-0.25, -0.2) is 0 Å². The van der Waals surface area contributed by atoms with E-state index in [2.05, 4.69) is 88.2 Å². The van der Waals surface area contributed by atoms with Crippen LogP contribution in [0.2, 0.25) is 36.3 Å². The fourth-order valence-corrected chi connectivity index (χ4v) is 4.64. The van der Waals surface area contributed by atoms with Crippen LogP contribution in [0, 0.1) is 11.8 Å². The quantitative estimate of drug-likeness (QED) is 0.342. The van der Waals surface area contributed by atoms with Gasteiger partial charge in [-0.1, -0.05) is 61.5 Å². The Morgan fingerprint density at radius 1 is 0.875 bits per heavy atom. The molecule has 0 rings (SSSR count). The topological polar surface area (TPSA) is 18.5 Å². The predicted octanol–water partition coefficient (Wildman–Crippen LogP) is 6.86. The van der Waals surface area contributed by atoms with Crippen molar-refractivity contribution >= 4 is 16.6 Å². The summed E-state index contributed by atoms with van der Waals surface area (Å²) in [5.74, 6) is 0.693. The average molecular weight is 373 g/mol. The van der Waals surface area contributed by atoms with Crippen LogP contribution in [0.25, 0.3) is 0 Å². The highest BCUT2D eigenvalue weighted by atomic mass is 28.4. The fraction of sp³-hybridized carbons (Fsp3) is 0.900. The smallest absolute Gasteiger partial charge is 0.192 e. The summed E-state index contributed by atoms with van der Waals surface area (Å²) in [6.45, 7) is 32.3. The predicted molar refractivity (Wildman–Crippen MR) is 114 cm³/mol. The van der Waals surface area contributed by atoms with Gasteiger partial charge in [0.05, 0.1) is 6.10 Å². The molecule has 2 nitrogen and oxygen atoms in total. The molecule has 0 amide bonds. The number of hydrogen-bond acceptors (Lipinski definition) is 2. The molecular weight excluding hydrogens is 328 g/mol. The Balaban J connectivity index is 5.18. The van der Waals surface area contributed by atoms with Crippen molar-refractivity contribution in [2.75, 3.05) is 6.61 Å². The lowest BCUT2D eigenvalue weighted by Gasteiger charge is -2.43. The summed E-state index contributed by atoms with van der Waals surface area (Å²) in [6, 6.07) is 0. The maximum Gasteiger partial charge on any atom is 0.192 e. The van der Waals surface area contributed by atoms with Gasteiger partial charge in [0.15, 0.2) is 16.6 Å². The molecule has 24 heavy (non-hydrogen) atoms. The van der Waals surface area contributed by atoms with Crippen molar-refractivity contribution < 1.29 is 8.85 Å². The van der Waals surface area contributed by atoms with Crippen LogP contribution in [-0.2, 0) is 8.85 Å². The largest absolute Gasteiger partial charge is 0.416 e. The standard InChI is InChI=1S/C20H44O2Si2/c1-14-16(2)18(22-24(12,13)20(7,8)9)17(3)15-21-23(10,11)19(4,5)6/h14,16-18H,1,15H2,2-13H3/t16-,17+,18+/m0/s1. The SMILES string of the molecule is C=C[C@H](C)[C@@H](O[Si](C)(C)C(C)(C)C)[C@H](C)CO[Si](C)(C)C(C)(C)C. The summed E-state index contributed by atoms with van der Waals surface area (Å²) >= 11 is 0. The van der Waals surface area contributed by atoms with Crippen LogP contribution in [0.5, 0.6) is 0 Å². The zero-order valence-corrected chi connectivity index (χ0v) is 20.5. The normalized spacial score (nSPS) is 18.2. The molecule has 4 heteroatoms. The summed E-state index contributed by atoms with van der Waals surface area (Å²) < 4.78 is 13.2. The Morgan fingerprint density at radius 2 is 1.29 bits per heavy atom. The molecule has 0 radical (unpaired) electrons. The summed E-state index contributed by atoms with van der Waals surface area (Å²) in [7, 11) is -3.54. The van der Waals surface area contributed by atoms with Gasteiger partial charge in [-0.05, 0) is 42.2 Å². The first-order valence-electron chi connectivity index (χ1n) is 9.40. The monoisotopic (exact) mass is 372 g/mol. The third-order valence-corrected chi connectivity index (χ3v) is 15.2. The second kappa shape index (κ2) is 8.19. The first-order valence-corrected chi connectivity index (χ1v) is 15.2. The average Bonchev–Trinajstić information content (AvgIpc) is 2.38. The lowest BCUT2D eigenvalue weighted by Crippen LogP contribution is -2.49. The second-order valence-corrected chi connectivity index (χ2v) is 20.1. The molecule has 0 aliphatic rings. The molecule has 0 heterocycles. The van der Waals surface area contributed by atoms with Gasteiger partial charge in [0, 0.05) is 12.5 Å². The highest BCUT2D eigenvalue weighted by Crippen LogP contribution is 2.40. The van der Waals surface area contributed by atoms with Crippen molar-refractivity contribution in [2.24, 2.45) is 11.8 Å². The van der Waals surface area contributed by atoms with Crippen molar-refractivity contribution in [2.45, 2.75) is 97.8 Å². The lowest BCUT2D eigenvalue weighted by molar-refractivity contribution is 0.0627. The molecule has 0 saturated carbocycles. The van der Waals surface area contributed by atoms with Crippen molar-refractivity contribution in [3.8, 4) is 0 Å². The first-order chi connectivity index (χ1) is 10.5. The van der Waals surface area contributed by atoms with E-state index >= 15 is 0 Å². The molecule has 144 valence electrons. The molecule has 0 saturated heterocycles. The maximum absolute atomic E-state index is 6.77. The van der Waals surface area contributed by atoms with Gasteiger partial charge in [0.2, 0.25) is 0 Å². The summed E-state index contributed by atoms with van der Waals surface area (Å²) in [5, 5.41) is 0.457. The molecule has 0 fully saturated rings. The molecule has 3 atom stereocenters. The molecule has 0 bridgehead atoms. The van der Waals surface area contributed by atoms with Gasteiger partial charge in [0.1, 0.15) is 0 Å². The van der Waals surface area contributed by atoms with Gasteiger partial charge < -0.3 is 8.85 Å². The summed E-state index contributed by atoms with van der Waals surface area (Å²) in [6.07, 6.45) is 2.20. The summed E-state index contributed by atoms with van der Waals surface area (Å²) in [4.78, 5) is 0. The van der Waals surface area contributed by atoms with Crippen LogP contribution in [-0.4, -0.2) is 29.3 Å². The zero-order valence-electron chi connectivity index (χ0n) is 18.5. The van der Waals surface area contributed by atoms with Crippen LogP contribution in [0.1, 0.15) is 55.4 Å². The van der Waals surface area contributed by atoms with Crippen molar-refractivity contribution in [1.29, 1.82) is 0 Å². The Bertz CT molecular complexity index is 403. The van der Waals surface area contributed by atoms with Crippen LogP contribution in [0.3, 0.4) is 0 Å². The Hall–Kier alpha value is 0.0938.